The SMILES string of the molecule is Cc1cc(C)cc(-n2nc(CCC(=O)O)cc2C)c1. The van der Waals surface area contributed by atoms with Crippen molar-refractivity contribution in [3.8, 4) is 5.69 Å². The van der Waals surface area contributed by atoms with Gasteiger partial charge in [0.25, 0.3) is 0 Å². The molecule has 19 heavy (non-hydrogen) atoms. The summed E-state index contributed by atoms with van der Waals surface area (Å²) in [5, 5.41) is 13.2. The van der Waals surface area contributed by atoms with E-state index in [1.807, 2.05) is 17.7 Å². The summed E-state index contributed by atoms with van der Waals surface area (Å²) in [5.74, 6) is -0.793. The van der Waals surface area contributed by atoms with Crippen molar-refractivity contribution in [3.05, 3.63) is 46.8 Å². The van der Waals surface area contributed by atoms with Crippen molar-refractivity contribution in [3.63, 3.8) is 0 Å². The first kappa shape index (κ1) is 13.3. The third-order valence-corrected chi connectivity index (χ3v) is 2.98. The van der Waals surface area contributed by atoms with Gasteiger partial charge >= 0.3 is 5.97 Å². The first-order valence-electron chi connectivity index (χ1n) is 6.32. The van der Waals surface area contributed by atoms with Crippen LogP contribution < -0.4 is 0 Å². The molecular formula is C15H18N2O2. The Morgan fingerprint density at radius 1 is 1.16 bits per heavy atom. The van der Waals surface area contributed by atoms with E-state index in [2.05, 4.69) is 37.1 Å². The maximum atomic E-state index is 10.6. The van der Waals surface area contributed by atoms with Crippen molar-refractivity contribution in [2.45, 2.75) is 33.6 Å². The molecule has 0 aliphatic rings. The Labute approximate surface area is 112 Å². The molecule has 0 fully saturated rings. The number of hydrogen-bond acceptors (Lipinski definition) is 2. The molecule has 0 radical (unpaired) electrons. The number of benzene rings is 1. The van der Waals surface area contributed by atoms with Gasteiger partial charge in [0, 0.05) is 12.1 Å². The molecule has 0 unspecified atom stereocenters. The van der Waals surface area contributed by atoms with E-state index < -0.39 is 5.97 Å². The molecule has 0 amide bonds. The molecule has 0 saturated heterocycles. The summed E-state index contributed by atoms with van der Waals surface area (Å²) in [5.41, 5.74) is 5.25. The predicted octanol–water partition coefficient (Wildman–Crippen LogP) is 2.81. The molecule has 0 bridgehead atoms. The number of carbonyl (C=O) groups is 1. The van der Waals surface area contributed by atoms with Crippen LogP contribution in [0.3, 0.4) is 0 Å². The molecule has 4 nitrogen and oxygen atoms in total. The van der Waals surface area contributed by atoms with Crippen LogP contribution in [0.15, 0.2) is 24.3 Å². The monoisotopic (exact) mass is 258 g/mol. The number of carboxylic acids is 1. The zero-order chi connectivity index (χ0) is 14.0. The molecule has 4 heteroatoms. The van der Waals surface area contributed by atoms with Crippen LogP contribution in [0.4, 0.5) is 0 Å². The van der Waals surface area contributed by atoms with E-state index in [4.69, 9.17) is 5.11 Å². The molecule has 1 heterocycles. The Morgan fingerprint density at radius 2 is 1.79 bits per heavy atom. The quantitative estimate of drug-likeness (QED) is 0.917. The fourth-order valence-corrected chi connectivity index (χ4v) is 2.23. The van der Waals surface area contributed by atoms with Crippen molar-refractivity contribution in [2.24, 2.45) is 0 Å². The topological polar surface area (TPSA) is 55.1 Å². The van der Waals surface area contributed by atoms with Gasteiger partial charge in [0.2, 0.25) is 0 Å². The van der Waals surface area contributed by atoms with Gasteiger partial charge in [-0.15, -0.1) is 0 Å². The summed E-state index contributed by atoms with van der Waals surface area (Å²) < 4.78 is 1.87. The van der Waals surface area contributed by atoms with Crippen LogP contribution >= 0.6 is 0 Å². The first-order valence-corrected chi connectivity index (χ1v) is 6.32. The van der Waals surface area contributed by atoms with E-state index in [1.54, 1.807) is 0 Å². The van der Waals surface area contributed by atoms with Crippen molar-refractivity contribution >= 4 is 5.97 Å². The fraction of sp³-hybridized carbons (Fsp3) is 0.333. The van der Waals surface area contributed by atoms with Crippen molar-refractivity contribution in [2.75, 3.05) is 0 Å². The highest BCUT2D eigenvalue weighted by Gasteiger charge is 2.08. The van der Waals surface area contributed by atoms with Crippen LogP contribution in [0.25, 0.3) is 5.69 Å². The Bertz CT molecular complexity index is 594. The van der Waals surface area contributed by atoms with E-state index in [9.17, 15) is 4.79 Å². The van der Waals surface area contributed by atoms with E-state index >= 15 is 0 Å². The molecule has 1 aromatic heterocycles. The minimum Gasteiger partial charge on any atom is -0.481 e. The second kappa shape index (κ2) is 5.26. The first-order chi connectivity index (χ1) is 8.95. The predicted molar refractivity (Wildman–Crippen MR) is 73.7 cm³/mol. The second-order valence-corrected chi connectivity index (χ2v) is 4.93. The highest BCUT2D eigenvalue weighted by Crippen LogP contribution is 2.16. The molecule has 0 saturated carbocycles. The number of aryl methyl sites for hydroxylation is 4. The molecular weight excluding hydrogens is 240 g/mol. The van der Waals surface area contributed by atoms with Gasteiger partial charge in [-0.05, 0) is 50.1 Å². The molecule has 1 aromatic carbocycles. The van der Waals surface area contributed by atoms with E-state index in [1.165, 1.54) is 11.1 Å². The lowest BCUT2D eigenvalue weighted by Crippen LogP contribution is -2.02. The van der Waals surface area contributed by atoms with Crippen LogP contribution in [0, 0.1) is 20.8 Å². The van der Waals surface area contributed by atoms with E-state index in [0.717, 1.165) is 17.1 Å². The smallest absolute Gasteiger partial charge is 0.303 e. The number of rotatable bonds is 4. The maximum absolute atomic E-state index is 10.6. The van der Waals surface area contributed by atoms with Gasteiger partial charge in [-0.25, -0.2) is 4.68 Å². The van der Waals surface area contributed by atoms with Gasteiger partial charge in [-0.3, -0.25) is 4.79 Å². The van der Waals surface area contributed by atoms with Crippen LogP contribution in [-0.4, -0.2) is 20.9 Å². The second-order valence-electron chi connectivity index (χ2n) is 4.93. The fourth-order valence-electron chi connectivity index (χ4n) is 2.23. The van der Waals surface area contributed by atoms with Crippen molar-refractivity contribution in [1.29, 1.82) is 0 Å². The van der Waals surface area contributed by atoms with Gasteiger partial charge in [-0.2, -0.15) is 5.10 Å². The summed E-state index contributed by atoms with van der Waals surface area (Å²) in [7, 11) is 0. The average Bonchev–Trinajstić information content (AvgIpc) is 2.66. The lowest BCUT2D eigenvalue weighted by Gasteiger charge is -2.07. The third-order valence-electron chi connectivity index (χ3n) is 2.98. The van der Waals surface area contributed by atoms with Crippen LogP contribution in [0.1, 0.15) is 28.9 Å². The van der Waals surface area contributed by atoms with Crippen LogP contribution in [-0.2, 0) is 11.2 Å². The largest absolute Gasteiger partial charge is 0.481 e. The molecule has 0 aliphatic heterocycles. The van der Waals surface area contributed by atoms with Gasteiger partial charge in [0.15, 0.2) is 0 Å². The van der Waals surface area contributed by atoms with Crippen molar-refractivity contribution in [1.82, 2.24) is 9.78 Å². The van der Waals surface area contributed by atoms with Crippen molar-refractivity contribution < 1.29 is 9.90 Å². The zero-order valence-electron chi connectivity index (χ0n) is 11.5. The Balaban J connectivity index is 2.31. The van der Waals surface area contributed by atoms with Gasteiger partial charge in [0.05, 0.1) is 17.8 Å². The summed E-state index contributed by atoms with van der Waals surface area (Å²) in [6.07, 6.45) is 0.581. The highest BCUT2D eigenvalue weighted by molar-refractivity contribution is 5.66. The van der Waals surface area contributed by atoms with Gasteiger partial charge < -0.3 is 5.11 Å². The number of nitrogens with zero attached hydrogens (tertiary/aromatic N) is 2. The summed E-state index contributed by atoms with van der Waals surface area (Å²) in [6, 6.07) is 8.22. The minimum absolute atomic E-state index is 0.114. The molecule has 2 aromatic rings. The molecule has 0 spiro atoms. The standard InChI is InChI=1S/C15H18N2O2/c1-10-6-11(2)8-14(7-10)17-12(3)9-13(16-17)4-5-15(18)19/h6-9H,4-5H2,1-3H3,(H,18,19). The molecule has 0 aliphatic carbocycles. The lowest BCUT2D eigenvalue weighted by molar-refractivity contribution is -0.136. The number of aliphatic carboxylic acids is 1. The summed E-state index contributed by atoms with van der Waals surface area (Å²) in [6.45, 7) is 6.09. The summed E-state index contributed by atoms with van der Waals surface area (Å²) >= 11 is 0. The van der Waals surface area contributed by atoms with Gasteiger partial charge in [0.1, 0.15) is 0 Å². The molecule has 2 rings (SSSR count). The molecule has 1 N–H and O–H groups in total. The van der Waals surface area contributed by atoms with E-state index in [-0.39, 0.29) is 6.42 Å². The zero-order valence-corrected chi connectivity index (χ0v) is 11.5. The lowest BCUT2D eigenvalue weighted by atomic mass is 10.1. The van der Waals surface area contributed by atoms with E-state index in [0.29, 0.717) is 6.42 Å². The minimum atomic E-state index is -0.793. The maximum Gasteiger partial charge on any atom is 0.303 e. The Kier molecular flexibility index (Phi) is 3.69. The van der Waals surface area contributed by atoms with Crippen LogP contribution in [0.5, 0.6) is 0 Å². The summed E-state index contributed by atoms with van der Waals surface area (Å²) in [4.78, 5) is 10.6. The highest BCUT2D eigenvalue weighted by atomic mass is 16.4. The Hall–Kier alpha value is -2.10. The number of hydrogen-bond donors (Lipinski definition) is 1. The number of carboxylic acid groups (broad SMARTS) is 1. The van der Waals surface area contributed by atoms with Crippen LogP contribution in [0.2, 0.25) is 0 Å². The average molecular weight is 258 g/mol. The molecule has 100 valence electrons. The van der Waals surface area contributed by atoms with Gasteiger partial charge in [-0.1, -0.05) is 6.07 Å². The number of aromatic nitrogens is 2. The third kappa shape index (κ3) is 3.22. The molecule has 0 atom stereocenters. The Morgan fingerprint density at radius 3 is 2.37 bits per heavy atom. The normalized spacial score (nSPS) is 10.7.